The third kappa shape index (κ3) is 2.64. The van der Waals surface area contributed by atoms with Crippen LogP contribution in [-0.2, 0) is 0 Å². The summed E-state index contributed by atoms with van der Waals surface area (Å²) in [6.07, 6.45) is 2.62. The highest BCUT2D eigenvalue weighted by Crippen LogP contribution is 2.39. The van der Waals surface area contributed by atoms with Crippen LogP contribution in [0.25, 0.3) is 0 Å². The molecule has 1 atom stereocenters. The van der Waals surface area contributed by atoms with E-state index in [2.05, 4.69) is 63.2 Å². The predicted octanol–water partition coefficient (Wildman–Crippen LogP) is 3.52. The first-order chi connectivity index (χ1) is 8.98. The van der Waals surface area contributed by atoms with E-state index in [1.807, 2.05) is 0 Å². The number of para-hydroxylation sites is 1. The van der Waals surface area contributed by atoms with Crippen LogP contribution >= 0.6 is 0 Å². The molecule has 1 aromatic carbocycles. The second-order valence-corrected chi connectivity index (χ2v) is 6.44. The van der Waals surface area contributed by atoms with Gasteiger partial charge in [-0.15, -0.1) is 0 Å². The van der Waals surface area contributed by atoms with E-state index in [0.29, 0.717) is 5.92 Å². The van der Waals surface area contributed by atoms with Crippen LogP contribution < -0.4 is 10.2 Å². The lowest BCUT2D eigenvalue weighted by Crippen LogP contribution is -2.56. The molecule has 19 heavy (non-hydrogen) atoms. The molecule has 1 fully saturated rings. The molecule has 0 aromatic heterocycles. The summed E-state index contributed by atoms with van der Waals surface area (Å²) in [6, 6.07) is 6.64. The maximum absolute atomic E-state index is 3.37. The third-order valence-corrected chi connectivity index (χ3v) is 4.79. The summed E-state index contributed by atoms with van der Waals surface area (Å²) in [4.78, 5) is 2.64. The Labute approximate surface area is 118 Å². The second kappa shape index (κ2) is 5.54. The van der Waals surface area contributed by atoms with Gasteiger partial charge < -0.3 is 10.2 Å². The lowest BCUT2D eigenvalue weighted by atomic mass is 9.78. The average Bonchev–Trinajstić information content (AvgIpc) is 2.33. The minimum atomic E-state index is 0.220. The molecule has 2 rings (SSSR count). The fourth-order valence-electron chi connectivity index (χ4n) is 3.59. The van der Waals surface area contributed by atoms with Gasteiger partial charge in [0.1, 0.15) is 0 Å². The van der Waals surface area contributed by atoms with Crippen LogP contribution in [-0.4, -0.2) is 25.7 Å². The van der Waals surface area contributed by atoms with Gasteiger partial charge in [0.05, 0.1) is 0 Å². The van der Waals surface area contributed by atoms with E-state index in [9.17, 15) is 0 Å². The Bertz CT molecular complexity index is 415. The first kappa shape index (κ1) is 14.4. The summed E-state index contributed by atoms with van der Waals surface area (Å²) >= 11 is 0. The van der Waals surface area contributed by atoms with Crippen LogP contribution in [0.4, 0.5) is 5.69 Å². The number of piperidine rings is 1. The number of hydrogen-bond acceptors (Lipinski definition) is 2. The maximum Gasteiger partial charge on any atom is 0.0430 e. The normalized spacial score (nSPS) is 22.6. The predicted molar refractivity (Wildman–Crippen MR) is 84.0 cm³/mol. The lowest BCUT2D eigenvalue weighted by molar-refractivity contribution is 0.234. The highest BCUT2D eigenvalue weighted by Gasteiger charge is 2.38. The molecule has 0 bridgehead atoms. The molecule has 2 heteroatoms. The standard InChI is InChI=1S/C17H28N2/c1-13-8-6-9-14(2)16(13)19-11-7-10-15(12-18-5)17(19,3)4/h6,8-9,15,18H,7,10-12H2,1-5H3. The van der Waals surface area contributed by atoms with Crippen molar-refractivity contribution in [2.75, 3.05) is 25.0 Å². The van der Waals surface area contributed by atoms with Crippen molar-refractivity contribution in [1.29, 1.82) is 0 Å². The Morgan fingerprint density at radius 2 is 1.89 bits per heavy atom. The van der Waals surface area contributed by atoms with E-state index >= 15 is 0 Å². The Hall–Kier alpha value is -1.02. The zero-order valence-electron chi connectivity index (χ0n) is 13.1. The minimum Gasteiger partial charge on any atom is -0.366 e. The highest BCUT2D eigenvalue weighted by molar-refractivity contribution is 5.60. The summed E-state index contributed by atoms with van der Waals surface area (Å²) in [5, 5.41) is 3.37. The number of benzene rings is 1. The van der Waals surface area contributed by atoms with Gasteiger partial charge in [-0.05, 0) is 71.2 Å². The molecule has 0 spiro atoms. The smallest absolute Gasteiger partial charge is 0.0430 e. The van der Waals surface area contributed by atoms with E-state index in [-0.39, 0.29) is 5.54 Å². The summed E-state index contributed by atoms with van der Waals surface area (Å²) in [6.45, 7) is 11.6. The van der Waals surface area contributed by atoms with Gasteiger partial charge >= 0.3 is 0 Å². The lowest BCUT2D eigenvalue weighted by Gasteiger charge is -2.50. The topological polar surface area (TPSA) is 15.3 Å². The van der Waals surface area contributed by atoms with E-state index in [4.69, 9.17) is 0 Å². The molecule has 1 aliphatic heterocycles. The molecular formula is C17H28N2. The maximum atomic E-state index is 3.37. The second-order valence-electron chi connectivity index (χ2n) is 6.44. The van der Waals surface area contributed by atoms with Gasteiger partial charge in [0.2, 0.25) is 0 Å². The largest absolute Gasteiger partial charge is 0.366 e. The molecular weight excluding hydrogens is 232 g/mol. The monoisotopic (exact) mass is 260 g/mol. The van der Waals surface area contributed by atoms with Crippen LogP contribution in [0, 0.1) is 19.8 Å². The molecule has 1 saturated heterocycles. The highest BCUT2D eigenvalue weighted by atomic mass is 15.2. The molecule has 2 nitrogen and oxygen atoms in total. The van der Waals surface area contributed by atoms with Crippen molar-refractivity contribution in [2.45, 2.75) is 46.1 Å². The van der Waals surface area contributed by atoms with E-state index < -0.39 is 0 Å². The van der Waals surface area contributed by atoms with E-state index in [1.54, 1.807) is 0 Å². The molecule has 1 heterocycles. The van der Waals surface area contributed by atoms with Gasteiger partial charge in [-0.2, -0.15) is 0 Å². The Kier molecular flexibility index (Phi) is 4.19. The van der Waals surface area contributed by atoms with Crippen molar-refractivity contribution in [2.24, 2.45) is 5.92 Å². The van der Waals surface area contributed by atoms with Crippen LogP contribution in [0.3, 0.4) is 0 Å². The van der Waals surface area contributed by atoms with Crippen molar-refractivity contribution in [3.05, 3.63) is 29.3 Å². The number of hydrogen-bond donors (Lipinski definition) is 1. The number of nitrogens with zero attached hydrogens (tertiary/aromatic N) is 1. The summed E-state index contributed by atoms with van der Waals surface area (Å²) in [5.41, 5.74) is 4.47. The van der Waals surface area contributed by atoms with Crippen molar-refractivity contribution in [1.82, 2.24) is 5.32 Å². The number of anilines is 1. The molecule has 106 valence electrons. The Balaban J connectivity index is 2.38. The average molecular weight is 260 g/mol. The fourth-order valence-corrected chi connectivity index (χ4v) is 3.59. The zero-order chi connectivity index (χ0) is 14.0. The minimum absolute atomic E-state index is 0.220. The molecule has 0 amide bonds. The van der Waals surface area contributed by atoms with Crippen LogP contribution in [0.2, 0.25) is 0 Å². The number of nitrogens with one attached hydrogen (secondary N) is 1. The summed E-state index contributed by atoms with van der Waals surface area (Å²) < 4.78 is 0. The number of rotatable bonds is 3. The van der Waals surface area contributed by atoms with E-state index in [0.717, 1.165) is 6.54 Å². The van der Waals surface area contributed by atoms with Crippen molar-refractivity contribution >= 4 is 5.69 Å². The van der Waals surface area contributed by atoms with Gasteiger partial charge in [-0.3, -0.25) is 0 Å². The van der Waals surface area contributed by atoms with Crippen molar-refractivity contribution in [3.63, 3.8) is 0 Å². The molecule has 1 aromatic rings. The van der Waals surface area contributed by atoms with Crippen molar-refractivity contribution < 1.29 is 0 Å². The van der Waals surface area contributed by atoms with Gasteiger partial charge in [-0.1, -0.05) is 18.2 Å². The third-order valence-electron chi connectivity index (χ3n) is 4.79. The quantitative estimate of drug-likeness (QED) is 0.894. The molecule has 1 N–H and O–H groups in total. The zero-order valence-corrected chi connectivity index (χ0v) is 13.1. The SMILES string of the molecule is CNCC1CCCN(c2c(C)cccc2C)C1(C)C. The summed E-state index contributed by atoms with van der Waals surface area (Å²) in [7, 11) is 2.06. The van der Waals surface area contributed by atoms with Gasteiger partial charge in [-0.25, -0.2) is 0 Å². The Morgan fingerprint density at radius 3 is 2.47 bits per heavy atom. The first-order valence-electron chi connectivity index (χ1n) is 7.47. The summed E-state index contributed by atoms with van der Waals surface area (Å²) in [5.74, 6) is 0.713. The molecule has 1 aliphatic rings. The fraction of sp³-hybridized carbons (Fsp3) is 0.647. The molecule has 0 radical (unpaired) electrons. The Morgan fingerprint density at radius 1 is 1.26 bits per heavy atom. The van der Waals surface area contributed by atoms with Crippen LogP contribution in [0.5, 0.6) is 0 Å². The molecule has 0 saturated carbocycles. The van der Waals surface area contributed by atoms with Gasteiger partial charge in [0.25, 0.3) is 0 Å². The van der Waals surface area contributed by atoms with Crippen molar-refractivity contribution in [3.8, 4) is 0 Å². The first-order valence-corrected chi connectivity index (χ1v) is 7.47. The van der Waals surface area contributed by atoms with E-state index in [1.165, 1.54) is 36.2 Å². The number of aryl methyl sites for hydroxylation is 2. The van der Waals surface area contributed by atoms with Gasteiger partial charge in [0, 0.05) is 17.8 Å². The van der Waals surface area contributed by atoms with Crippen LogP contribution in [0.15, 0.2) is 18.2 Å². The van der Waals surface area contributed by atoms with Crippen LogP contribution in [0.1, 0.15) is 37.8 Å². The molecule has 0 aliphatic carbocycles. The van der Waals surface area contributed by atoms with Gasteiger partial charge in [0.15, 0.2) is 0 Å². The molecule has 1 unspecified atom stereocenters.